The van der Waals surface area contributed by atoms with E-state index in [9.17, 15) is 0 Å². The molecule has 2 rings (SSSR count). The third kappa shape index (κ3) is 3.60. The van der Waals surface area contributed by atoms with Gasteiger partial charge in [-0.05, 0) is 46.5 Å². The highest BCUT2D eigenvalue weighted by molar-refractivity contribution is 9.10. The van der Waals surface area contributed by atoms with Gasteiger partial charge in [-0.1, -0.05) is 0 Å². The van der Waals surface area contributed by atoms with E-state index in [1.807, 2.05) is 12.1 Å². The minimum absolute atomic E-state index is 0.203. The zero-order chi connectivity index (χ0) is 13.0. The van der Waals surface area contributed by atoms with Crippen molar-refractivity contribution in [3.63, 3.8) is 0 Å². The van der Waals surface area contributed by atoms with Crippen LogP contribution in [0.2, 0.25) is 0 Å². The molecular weight excluding hydrogens is 298 g/mol. The fourth-order valence-corrected chi connectivity index (χ4v) is 2.29. The topological polar surface area (TPSA) is 39.7 Å². The third-order valence-corrected chi connectivity index (χ3v) is 3.37. The molecule has 0 saturated heterocycles. The van der Waals surface area contributed by atoms with E-state index >= 15 is 0 Å². The molecule has 1 aliphatic rings. The Morgan fingerprint density at radius 3 is 2.72 bits per heavy atom. The molecule has 1 aromatic carbocycles. The number of ether oxygens (including phenoxy) is 3. The molecule has 0 bridgehead atoms. The summed E-state index contributed by atoms with van der Waals surface area (Å²) in [5.41, 5.74) is 1.18. The van der Waals surface area contributed by atoms with Crippen molar-refractivity contribution in [2.75, 3.05) is 21.0 Å². The molecule has 1 aliphatic carbocycles. The average molecular weight is 316 g/mol. The standard InChI is InChI=1S/C13H18BrNO3/c1-16-8-18-13-11(14)5-9(6-12(13)17-2)7-15-10-3-4-10/h5-6,10,15H,3-4,7-8H2,1-2H3. The van der Waals surface area contributed by atoms with Crippen LogP contribution in [0.25, 0.3) is 0 Å². The number of hydrogen-bond donors (Lipinski definition) is 1. The lowest BCUT2D eigenvalue weighted by Crippen LogP contribution is -2.15. The van der Waals surface area contributed by atoms with Crippen LogP contribution >= 0.6 is 15.9 Å². The summed E-state index contributed by atoms with van der Waals surface area (Å²) >= 11 is 3.50. The maximum Gasteiger partial charge on any atom is 0.188 e. The largest absolute Gasteiger partial charge is 0.493 e. The van der Waals surface area contributed by atoms with Gasteiger partial charge < -0.3 is 19.5 Å². The highest BCUT2D eigenvalue weighted by Gasteiger charge is 2.20. The Labute approximate surface area is 116 Å². The highest BCUT2D eigenvalue weighted by Crippen LogP contribution is 2.36. The molecule has 100 valence electrons. The van der Waals surface area contributed by atoms with E-state index < -0.39 is 0 Å². The second-order valence-electron chi connectivity index (χ2n) is 4.32. The molecule has 1 fully saturated rings. The summed E-state index contributed by atoms with van der Waals surface area (Å²) in [4.78, 5) is 0. The summed E-state index contributed by atoms with van der Waals surface area (Å²) in [6, 6.07) is 4.73. The van der Waals surface area contributed by atoms with Gasteiger partial charge >= 0.3 is 0 Å². The van der Waals surface area contributed by atoms with E-state index in [0.717, 1.165) is 11.0 Å². The van der Waals surface area contributed by atoms with Crippen molar-refractivity contribution in [3.05, 3.63) is 22.2 Å². The summed E-state index contributed by atoms with van der Waals surface area (Å²) in [5, 5.41) is 3.47. The van der Waals surface area contributed by atoms with Gasteiger partial charge in [-0.15, -0.1) is 0 Å². The van der Waals surface area contributed by atoms with Gasteiger partial charge in [0.2, 0.25) is 0 Å². The van der Waals surface area contributed by atoms with Gasteiger partial charge in [0.15, 0.2) is 18.3 Å². The first-order valence-electron chi connectivity index (χ1n) is 5.96. The van der Waals surface area contributed by atoms with Crippen molar-refractivity contribution in [2.45, 2.75) is 25.4 Å². The predicted octanol–water partition coefficient (Wildman–Crippen LogP) is 2.69. The summed E-state index contributed by atoms with van der Waals surface area (Å²) in [5.74, 6) is 1.39. The first kappa shape index (κ1) is 13.6. The normalized spacial score (nSPS) is 14.6. The van der Waals surface area contributed by atoms with Gasteiger partial charge in [-0.2, -0.15) is 0 Å². The molecule has 0 spiro atoms. The molecule has 0 unspecified atom stereocenters. The Morgan fingerprint density at radius 1 is 1.33 bits per heavy atom. The summed E-state index contributed by atoms with van der Waals surface area (Å²) in [6.45, 7) is 1.05. The van der Waals surface area contributed by atoms with E-state index in [0.29, 0.717) is 17.5 Å². The molecule has 1 N–H and O–H groups in total. The van der Waals surface area contributed by atoms with Crippen molar-refractivity contribution in [1.82, 2.24) is 5.32 Å². The SMILES string of the molecule is COCOc1c(Br)cc(CNC2CC2)cc1OC. The van der Waals surface area contributed by atoms with Crippen LogP contribution in [0.1, 0.15) is 18.4 Å². The van der Waals surface area contributed by atoms with Gasteiger partial charge in [0.25, 0.3) is 0 Å². The van der Waals surface area contributed by atoms with Crippen LogP contribution in [-0.4, -0.2) is 27.1 Å². The van der Waals surface area contributed by atoms with E-state index in [2.05, 4.69) is 21.2 Å². The van der Waals surface area contributed by atoms with Gasteiger partial charge in [-0.3, -0.25) is 0 Å². The molecule has 0 aliphatic heterocycles. The lowest BCUT2D eigenvalue weighted by atomic mass is 10.2. The Bertz CT molecular complexity index is 407. The number of halogens is 1. The minimum Gasteiger partial charge on any atom is -0.493 e. The van der Waals surface area contributed by atoms with E-state index in [1.54, 1.807) is 14.2 Å². The van der Waals surface area contributed by atoms with Crippen molar-refractivity contribution < 1.29 is 14.2 Å². The van der Waals surface area contributed by atoms with E-state index in [1.165, 1.54) is 18.4 Å². The lowest BCUT2D eigenvalue weighted by Gasteiger charge is -2.14. The smallest absolute Gasteiger partial charge is 0.188 e. The number of rotatable bonds is 7. The van der Waals surface area contributed by atoms with Crippen LogP contribution in [0.15, 0.2) is 16.6 Å². The second-order valence-corrected chi connectivity index (χ2v) is 5.17. The van der Waals surface area contributed by atoms with Crippen molar-refractivity contribution >= 4 is 15.9 Å². The molecule has 4 nitrogen and oxygen atoms in total. The van der Waals surface area contributed by atoms with E-state index in [-0.39, 0.29) is 6.79 Å². The molecule has 0 heterocycles. The number of hydrogen-bond acceptors (Lipinski definition) is 4. The maximum atomic E-state index is 5.49. The first-order valence-corrected chi connectivity index (χ1v) is 6.75. The number of methoxy groups -OCH3 is 2. The van der Waals surface area contributed by atoms with Crippen LogP contribution in [0, 0.1) is 0 Å². The molecule has 18 heavy (non-hydrogen) atoms. The first-order chi connectivity index (χ1) is 8.74. The summed E-state index contributed by atoms with van der Waals surface area (Å²) < 4.78 is 16.6. The minimum atomic E-state index is 0.203. The van der Waals surface area contributed by atoms with Crippen molar-refractivity contribution in [1.29, 1.82) is 0 Å². The van der Waals surface area contributed by atoms with Crippen LogP contribution in [-0.2, 0) is 11.3 Å². The van der Waals surface area contributed by atoms with Gasteiger partial charge in [0, 0.05) is 19.7 Å². The van der Waals surface area contributed by atoms with Crippen LogP contribution in [0.3, 0.4) is 0 Å². The quantitative estimate of drug-likeness (QED) is 0.785. The van der Waals surface area contributed by atoms with Crippen LogP contribution in [0.5, 0.6) is 11.5 Å². The van der Waals surface area contributed by atoms with Crippen molar-refractivity contribution in [3.8, 4) is 11.5 Å². The molecule has 1 aromatic rings. The van der Waals surface area contributed by atoms with Crippen molar-refractivity contribution in [2.24, 2.45) is 0 Å². The maximum absolute atomic E-state index is 5.49. The van der Waals surface area contributed by atoms with Crippen LogP contribution < -0.4 is 14.8 Å². The molecular formula is C13H18BrNO3. The fourth-order valence-electron chi connectivity index (χ4n) is 1.68. The number of benzene rings is 1. The molecule has 1 saturated carbocycles. The monoisotopic (exact) mass is 315 g/mol. The predicted molar refractivity (Wildman–Crippen MR) is 73.1 cm³/mol. The zero-order valence-corrected chi connectivity index (χ0v) is 12.2. The Morgan fingerprint density at radius 2 is 2.11 bits per heavy atom. The summed E-state index contributed by atoms with van der Waals surface area (Å²) in [6.07, 6.45) is 2.57. The fraction of sp³-hybridized carbons (Fsp3) is 0.538. The highest BCUT2D eigenvalue weighted by atomic mass is 79.9. The van der Waals surface area contributed by atoms with Gasteiger partial charge in [0.1, 0.15) is 0 Å². The molecule has 0 atom stereocenters. The molecule has 5 heteroatoms. The molecule has 0 amide bonds. The van der Waals surface area contributed by atoms with Gasteiger partial charge in [-0.25, -0.2) is 0 Å². The Kier molecular flexibility index (Phi) is 4.86. The third-order valence-electron chi connectivity index (χ3n) is 2.78. The Balaban J connectivity index is 2.09. The Hall–Kier alpha value is -0.780. The lowest BCUT2D eigenvalue weighted by molar-refractivity contribution is 0.0486. The average Bonchev–Trinajstić information content (AvgIpc) is 3.18. The van der Waals surface area contributed by atoms with Crippen LogP contribution in [0.4, 0.5) is 0 Å². The molecule has 0 radical (unpaired) electrons. The van der Waals surface area contributed by atoms with E-state index in [4.69, 9.17) is 14.2 Å². The van der Waals surface area contributed by atoms with Gasteiger partial charge in [0.05, 0.1) is 11.6 Å². The summed E-state index contributed by atoms with van der Waals surface area (Å²) in [7, 11) is 3.23. The molecule has 0 aromatic heterocycles. The zero-order valence-electron chi connectivity index (χ0n) is 10.7. The number of nitrogens with one attached hydrogen (secondary N) is 1. The second kappa shape index (κ2) is 6.41.